The predicted octanol–water partition coefficient (Wildman–Crippen LogP) is 6.08. The molecule has 12 nitrogen and oxygen atoms in total. The summed E-state index contributed by atoms with van der Waals surface area (Å²) < 4.78 is 28.7. The first-order valence-electron chi connectivity index (χ1n) is 18.5. The van der Waals surface area contributed by atoms with E-state index in [4.69, 9.17) is 5.73 Å². The zero-order valence-corrected chi connectivity index (χ0v) is 34.7. The molecule has 0 saturated carbocycles. The standard InChI is InChI=1S/C43H48BrN7O5S/c1-28(33-14-18-38(45)19-15-33)48-41(52)30(3)47-26-39(21-31-9-6-5-7-10-31)50-43(54)36-22-35(42(53)49-29(2)34-11-8-20-46-25-34)23-40(24-36)51(57(4,55)56)27-32-12-16-37(44)17-13-32/h5-20,22-25,28-30,39,47H,21,26-27,45H2,1-4H3,(H,48,52)(H,49,53)(H,50,54)/t28-,29?,30+,39+/m1/s1. The summed E-state index contributed by atoms with van der Waals surface area (Å²) in [5.74, 6) is -1.25. The van der Waals surface area contributed by atoms with Crippen LogP contribution in [0, 0.1) is 0 Å². The Morgan fingerprint density at radius 2 is 1.39 bits per heavy atom. The zero-order chi connectivity index (χ0) is 41.1. The van der Waals surface area contributed by atoms with Crippen molar-refractivity contribution in [2.24, 2.45) is 0 Å². The first-order chi connectivity index (χ1) is 27.2. The third-order valence-electron chi connectivity index (χ3n) is 9.42. The molecule has 3 amide bonds. The van der Waals surface area contributed by atoms with E-state index in [9.17, 15) is 22.8 Å². The number of nitrogens with two attached hydrogens (primary N) is 1. The van der Waals surface area contributed by atoms with E-state index in [0.29, 0.717) is 17.7 Å². The molecule has 0 saturated heterocycles. The molecule has 1 unspecified atom stereocenters. The molecule has 6 N–H and O–H groups in total. The molecule has 0 aliphatic heterocycles. The largest absolute Gasteiger partial charge is 0.399 e. The van der Waals surface area contributed by atoms with Gasteiger partial charge in [0.15, 0.2) is 0 Å². The summed E-state index contributed by atoms with van der Waals surface area (Å²) in [6.45, 7) is 5.63. The minimum absolute atomic E-state index is 0.0399. The van der Waals surface area contributed by atoms with Gasteiger partial charge in [-0.15, -0.1) is 0 Å². The van der Waals surface area contributed by atoms with Crippen LogP contribution in [0.2, 0.25) is 0 Å². The SMILES string of the molecule is CC(NC(=O)c1cc(C(=O)N[C@H](CN[C@@H](C)C(=O)N[C@H](C)c2ccc(N)cc2)Cc2ccccc2)cc(N(Cc2ccc(Br)cc2)S(C)(=O)=O)c1)c1cccnc1. The molecule has 0 aliphatic carbocycles. The molecule has 14 heteroatoms. The summed E-state index contributed by atoms with van der Waals surface area (Å²) >= 11 is 3.42. The molecule has 0 fully saturated rings. The van der Waals surface area contributed by atoms with Crippen LogP contribution in [0.3, 0.4) is 0 Å². The topological polar surface area (TPSA) is 176 Å². The minimum atomic E-state index is -3.90. The number of aromatic nitrogens is 1. The van der Waals surface area contributed by atoms with Gasteiger partial charge in [0.25, 0.3) is 11.8 Å². The summed E-state index contributed by atoms with van der Waals surface area (Å²) in [7, 11) is -3.90. The van der Waals surface area contributed by atoms with Crippen molar-refractivity contribution in [2.75, 3.05) is 22.8 Å². The van der Waals surface area contributed by atoms with E-state index in [1.165, 1.54) is 22.5 Å². The van der Waals surface area contributed by atoms with Crippen molar-refractivity contribution < 1.29 is 22.8 Å². The third kappa shape index (κ3) is 12.5. The predicted molar refractivity (Wildman–Crippen MR) is 228 cm³/mol. The number of halogens is 1. The lowest BCUT2D eigenvalue weighted by Crippen LogP contribution is -2.49. The average molecular weight is 855 g/mol. The second kappa shape index (κ2) is 19.5. The minimum Gasteiger partial charge on any atom is -0.399 e. The van der Waals surface area contributed by atoms with E-state index in [0.717, 1.165) is 27.4 Å². The number of pyridine rings is 1. The maximum absolute atomic E-state index is 14.2. The fourth-order valence-corrected chi connectivity index (χ4v) is 7.26. The number of anilines is 2. The Balaban J connectivity index is 1.42. The summed E-state index contributed by atoms with van der Waals surface area (Å²) in [6, 6.07) is 30.3. The number of rotatable bonds is 17. The second-order valence-electron chi connectivity index (χ2n) is 14.0. The van der Waals surface area contributed by atoms with Crippen molar-refractivity contribution in [1.82, 2.24) is 26.3 Å². The number of nitrogens with one attached hydrogen (secondary N) is 4. The summed E-state index contributed by atoms with van der Waals surface area (Å²) in [6.07, 6.45) is 4.79. The van der Waals surface area contributed by atoms with E-state index in [2.05, 4.69) is 42.2 Å². The van der Waals surface area contributed by atoms with Crippen LogP contribution < -0.4 is 31.3 Å². The molecule has 1 heterocycles. The molecule has 0 radical (unpaired) electrons. The first kappa shape index (κ1) is 42.6. The Morgan fingerprint density at radius 1 is 0.754 bits per heavy atom. The molecule has 5 rings (SSSR count). The van der Waals surface area contributed by atoms with Gasteiger partial charge in [-0.3, -0.25) is 23.7 Å². The zero-order valence-electron chi connectivity index (χ0n) is 32.3. The maximum Gasteiger partial charge on any atom is 0.251 e. The Hall–Kier alpha value is -5.57. The van der Waals surface area contributed by atoms with Gasteiger partial charge in [0, 0.05) is 46.3 Å². The number of nitrogen functional groups attached to an aromatic ring is 1. The Morgan fingerprint density at radius 3 is 2.00 bits per heavy atom. The number of carbonyl (C=O) groups is 3. The van der Waals surface area contributed by atoms with Gasteiger partial charge in [-0.2, -0.15) is 0 Å². The van der Waals surface area contributed by atoms with E-state index < -0.39 is 40.0 Å². The average Bonchev–Trinajstić information content (AvgIpc) is 3.19. The lowest BCUT2D eigenvalue weighted by molar-refractivity contribution is -0.123. The molecule has 4 atom stereocenters. The second-order valence-corrected chi connectivity index (χ2v) is 16.9. The molecule has 1 aromatic heterocycles. The molecule has 298 valence electrons. The number of benzene rings is 4. The molecule has 0 bridgehead atoms. The molecule has 4 aromatic carbocycles. The van der Waals surface area contributed by atoms with Gasteiger partial charge in [-0.05, 0) is 98.0 Å². The van der Waals surface area contributed by atoms with Crippen LogP contribution in [0.15, 0.2) is 126 Å². The Bertz CT molecular complexity index is 2240. The summed E-state index contributed by atoms with van der Waals surface area (Å²) in [5, 5.41) is 12.3. The Kier molecular flexibility index (Phi) is 14.6. The molecule has 5 aromatic rings. The molecule has 0 aliphatic rings. The van der Waals surface area contributed by atoms with E-state index in [1.807, 2.05) is 74.5 Å². The van der Waals surface area contributed by atoms with Gasteiger partial charge in [-0.1, -0.05) is 76.6 Å². The van der Waals surface area contributed by atoms with Crippen LogP contribution >= 0.6 is 15.9 Å². The van der Waals surface area contributed by atoms with Crippen molar-refractivity contribution in [1.29, 1.82) is 0 Å². The van der Waals surface area contributed by atoms with Crippen LogP contribution in [0.25, 0.3) is 0 Å². The number of carbonyl (C=O) groups excluding carboxylic acids is 3. The number of amides is 3. The highest BCUT2D eigenvalue weighted by molar-refractivity contribution is 9.10. The normalized spacial score (nSPS) is 13.4. The number of hydrogen-bond acceptors (Lipinski definition) is 8. The van der Waals surface area contributed by atoms with Gasteiger partial charge in [0.05, 0.1) is 36.6 Å². The van der Waals surface area contributed by atoms with Crippen molar-refractivity contribution in [3.05, 3.63) is 159 Å². The number of hydrogen-bond donors (Lipinski definition) is 5. The number of nitrogens with zero attached hydrogens (tertiary/aromatic N) is 2. The highest BCUT2D eigenvalue weighted by Gasteiger charge is 2.25. The van der Waals surface area contributed by atoms with E-state index in [1.54, 1.807) is 49.6 Å². The van der Waals surface area contributed by atoms with Crippen LogP contribution in [0.5, 0.6) is 0 Å². The van der Waals surface area contributed by atoms with Gasteiger partial charge < -0.3 is 27.0 Å². The smallest absolute Gasteiger partial charge is 0.251 e. The summed E-state index contributed by atoms with van der Waals surface area (Å²) in [5.41, 5.74) is 10.1. The highest BCUT2D eigenvalue weighted by atomic mass is 79.9. The van der Waals surface area contributed by atoms with E-state index >= 15 is 0 Å². The van der Waals surface area contributed by atoms with Gasteiger partial charge in [-0.25, -0.2) is 8.42 Å². The van der Waals surface area contributed by atoms with Gasteiger partial charge >= 0.3 is 0 Å². The Labute approximate surface area is 342 Å². The molecular weight excluding hydrogens is 806 g/mol. The van der Waals surface area contributed by atoms with Crippen LogP contribution in [-0.4, -0.2) is 56.0 Å². The van der Waals surface area contributed by atoms with Crippen molar-refractivity contribution in [2.45, 2.75) is 57.9 Å². The van der Waals surface area contributed by atoms with Crippen LogP contribution in [0.4, 0.5) is 11.4 Å². The van der Waals surface area contributed by atoms with Crippen LogP contribution in [0.1, 0.15) is 75.8 Å². The summed E-state index contributed by atoms with van der Waals surface area (Å²) in [4.78, 5) is 45.4. The third-order valence-corrected chi connectivity index (χ3v) is 11.1. The van der Waals surface area contributed by atoms with E-state index in [-0.39, 0.29) is 41.9 Å². The van der Waals surface area contributed by atoms with Crippen molar-refractivity contribution in [3.63, 3.8) is 0 Å². The number of sulfonamides is 1. The fraction of sp³-hybridized carbons (Fsp3) is 0.256. The van der Waals surface area contributed by atoms with Crippen molar-refractivity contribution in [3.8, 4) is 0 Å². The maximum atomic E-state index is 14.2. The quantitative estimate of drug-likeness (QED) is 0.0700. The van der Waals surface area contributed by atoms with Crippen LogP contribution in [-0.2, 0) is 27.8 Å². The highest BCUT2D eigenvalue weighted by Crippen LogP contribution is 2.26. The lowest BCUT2D eigenvalue weighted by atomic mass is 10.0. The van der Waals surface area contributed by atoms with Crippen molar-refractivity contribution >= 4 is 55.0 Å². The fourth-order valence-electron chi connectivity index (χ4n) is 6.13. The van der Waals surface area contributed by atoms with Gasteiger partial charge in [0.1, 0.15) is 0 Å². The monoisotopic (exact) mass is 853 g/mol. The van der Waals surface area contributed by atoms with Gasteiger partial charge in [0.2, 0.25) is 15.9 Å². The first-order valence-corrected chi connectivity index (χ1v) is 21.1. The lowest BCUT2D eigenvalue weighted by Gasteiger charge is -2.25. The molecule has 57 heavy (non-hydrogen) atoms. The molecular formula is C43H48BrN7O5S. The molecule has 0 spiro atoms.